The van der Waals surface area contributed by atoms with E-state index in [1.165, 1.54) is 19.4 Å². The van der Waals surface area contributed by atoms with Gasteiger partial charge in [-0.25, -0.2) is 12.2 Å². The molecule has 0 aromatic rings. The van der Waals surface area contributed by atoms with E-state index < -0.39 is 0 Å². The summed E-state index contributed by atoms with van der Waals surface area (Å²) in [5.74, 6) is 0.639. The summed E-state index contributed by atoms with van der Waals surface area (Å²) in [7, 11) is 0. The maximum atomic E-state index is 2.99. The van der Waals surface area contributed by atoms with Crippen molar-refractivity contribution in [3.8, 4) is 0 Å². The third-order valence-electron chi connectivity index (χ3n) is 2.46. The summed E-state index contributed by atoms with van der Waals surface area (Å²) in [4.78, 5) is 3.04. The first-order chi connectivity index (χ1) is 9.13. The Kier molecular flexibility index (Phi) is 15.8. The van der Waals surface area contributed by atoms with Crippen LogP contribution in [0.2, 0.25) is 0 Å². The number of hydrogen-bond acceptors (Lipinski definition) is 1. The van der Waals surface area contributed by atoms with Crippen LogP contribution in [0.4, 0.5) is 0 Å². The molecular formula is C17H21Cl2SZr-. The van der Waals surface area contributed by atoms with E-state index in [-0.39, 0.29) is 24.8 Å². The number of fused-ring (bicyclic) bond motifs is 1. The largest absolute Gasteiger partial charge is 1.00 e. The van der Waals surface area contributed by atoms with Crippen molar-refractivity contribution in [1.29, 1.82) is 0 Å². The Morgan fingerprint density at radius 3 is 2.38 bits per heavy atom. The molecule has 1 aliphatic heterocycles. The van der Waals surface area contributed by atoms with E-state index in [4.69, 9.17) is 0 Å². The zero-order chi connectivity index (χ0) is 14.1. The summed E-state index contributed by atoms with van der Waals surface area (Å²) in [6.07, 6.45) is 20.2. The van der Waals surface area contributed by atoms with Crippen molar-refractivity contribution in [1.82, 2.24) is 0 Å². The van der Waals surface area contributed by atoms with Crippen LogP contribution in [-0.2, 0) is 24.2 Å². The predicted octanol–water partition coefficient (Wildman–Crippen LogP) is -0.844. The molecule has 2 aliphatic carbocycles. The van der Waals surface area contributed by atoms with Gasteiger partial charge in [0, 0.05) is 10.8 Å². The van der Waals surface area contributed by atoms with Crippen LogP contribution in [0.1, 0.15) is 33.6 Å². The first-order valence-corrected chi connectivity index (χ1v) is 8.68. The molecular weight excluding hydrogens is 398 g/mol. The summed E-state index contributed by atoms with van der Waals surface area (Å²) < 4.78 is 1.51. The fourth-order valence-electron chi connectivity index (χ4n) is 1.63. The summed E-state index contributed by atoms with van der Waals surface area (Å²) in [6.45, 7) is 6.46. The van der Waals surface area contributed by atoms with Crippen molar-refractivity contribution in [3.05, 3.63) is 58.4 Å². The molecule has 0 aromatic carbocycles. The van der Waals surface area contributed by atoms with Crippen LogP contribution in [0.25, 0.3) is 0 Å². The van der Waals surface area contributed by atoms with Crippen molar-refractivity contribution in [2.45, 2.75) is 33.6 Å². The van der Waals surface area contributed by atoms with Gasteiger partial charge in [0.15, 0.2) is 0 Å². The average molecular weight is 420 g/mol. The van der Waals surface area contributed by atoms with Crippen LogP contribution in [0.15, 0.2) is 52.3 Å². The Hall–Kier alpha value is 0.383. The monoisotopic (exact) mass is 417 g/mol. The molecule has 3 rings (SSSR count). The quantitative estimate of drug-likeness (QED) is 0.500. The average Bonchev–Trinajstić information content (AvgIpc) is 3.07. The van der Waals surface area contributed by atoms with Crippen LogP contribution in [0.3, 0.4) is 0 Å². The van der Waals surface area contributed by atoms with Crippen LogP contribution < -0.4 is 24.8 Å². The van der Waals surface area contributed by atoms with E-state index in [1.54, 1.807) is 24.2 Å². The number of allylic oxidation sites excluding steroid dienone is 10. The number of thioether (sulfide) groups is 1. The van der Waals surface area contributed by atoms with Gasteiger partial charge >= 0.3 is 41.3 Å². The van der Waals surface area contributed by atoms with Gasteiger partial charge in [-0.3, -0.25) is 6.08 Å². The normalized spacial score (nSPS) is 19.0. The standard InChI is InChI=1S/C9H10S.C5H5.C3H6.2ClH.Zr/c1-2-8-6-7-4-3-5-9(7)10-8;1-2-4-5-3-1;1-3-2;;;/h3-7H,2H2,1H3;1-3H,4H2;1-2H3;2*1H;/q;-1;;;;+2/p-2. The van der Waals surface area contributed by atoms with E-state index in [9.17, 15) is 0 Å². The molecule has 0 saturated carbocycles. The fraction of sp³-hybridized carbons (Fsp3) is 0.353. The number of hydrogen-bond donors (Lipinski definition) is 0. The van der Waals surface area contributed by atoms with Gasteiger partial charge in [-0.15, -0.1) is 6.42 Å². The third-order valence-corrected chi connectivity index (χ3v) is 3.79. The molecule has 0 nitrogen and oxygen atoms in total. The van der Waals surface area contributed by atoms with Crippen LogP contribution in [-0.4, -0.2) is 3.21 Å². The summed E-state index contributed by atoms with van der Waals surface area (Å²) >= 11 is 3.49. The van der Waals surface area contributed by atoms with Gasteiger partial charge < -0.3 is 24.8 Å². The van der Waals surface area contributed by atoms with Crippen molar-refractivity contribution in [3.63, 3.8) is 0 Å². The Bertz CT molecular complexity index is 445. The molecule has 1 heterocycles. The van der Waals surface area contributed by atoms with E-state index in [0.29, 0.717) is 5.92 Å². The summed E-state index contributed by atoms with van der Waals surface area (Å²) in [6, 6.07) is 0. The minimum Gasteiger partial charge on any atom is -1.00 e. The van der Waals surface area contributed by atoms with Gasteiger partial charge in [0.1, 0.15) is 0 Å². The molecule has 114 valence electrons. The van der Waals surface area contributed by atoms with Crippen LogP contribution in [0.5, 0.6) is 0 Å². The van der Waals surface area contributed by atoms with Gasteiger partial charge in [0.2, 0.25) is 0 Å². The van der Waals surface area contributed by atoms with Crippen molar-refractivity contribution >= 4 is 15.0 Å². The van der Waals surface area contributed by atoms with E-state index in [2.05, 4.69) is 57.2 Å². The Labute approximate surface area is 161 Å². The van der Waals surface area contributed by atoms with Crippen LogP contribution in [0, 0.1) is 12.0 Å². The molecule has 0 radical (unpaired) electrons. The molecule has 3 aliphatic rings. The second kappa shape index (κ2) is 14.0. The molecule has 0 saturated heterocycles. The Morgan fingerprint density at radius 2 is 2.00 bits per heavy atom. The van der Waals surface area contributed by atoms with Gasteiger partial charge in [-0.1, -0.05) is 43.0 Å². The number of halogens is 2. The minimum atomic E-state index is 0. The fourth-order valence-corrected chi connectivity index (χ4v) is 2.72. The van der Waals surface area contributed by atoms with E-state index >= 15 is 0 Å². The van der Waals surface area contributed by atoms with E-state index in [0.717, 1.165) is 6.42 Å². The Morgan fingerprint density at radius 1 is 1.33 bits per heavy atom. The summed E-state index contributed by atoms with van der Waals surface area (Å²) in [5, 5.41) is 0. The molecule has 0 aromatic heterocycles. The molecule has 0 bridgehead atoms. The SMILES string of the molecule is CCC1=CC2C=CC=C2S1.C[C](C)=[Zr+2].[C-]1=CC=CC1.[Cl-].[Cl-]. The van der Waals surface area contributed by atoms with E-state index in [1.807, 2.05) is 23.9 Å². The third kappa shape index (κ3) is 10.7. The van der Waals surface area contributed by atoms with Crippen molar-refractivity contribution in [2.24, 2.45) is 5.92 Å². The molecule has 0 fully saturated rings. The zero-order valence-corrected chi connectivity index (χ0v) is 17.5. The van der Waals surface area contributed by atoms with Gasteiger partial charge in [-0.05, 0) is 11.3 Å². The second-order valence-electron chi connectivity index (χ2n) is 4.57. The predicted molar refractivity (Wildman–Crippen MR) is 84.6 cm³/mol. The molecule has 0 N–H and O–H groups in total. The number of rotatable bonds is 1. The van der Waals surface area contributed by atoms with Crippen molar-refractivity contribution in [2.75, 3.05) is 0 Å². The first-order valence-electron chi connectivity index (χ1n) is 6.64. The zero-order valence-electron chi connectivity index (χ0n) is 12.7. The van der Waals surface area contributed by atoms with Crippen molar-refractivity contribution < 1.29 is 49.0 Å². The smallest absolute Gasteiger partial charge is 0.109 e. The van der Waals surface area contributed by atoms with Gasteiger partial charge in [0.05, 0.1) is 0 Å². The van der Waals surface area contributed by atoms with Gasteiger partial charge in [0.25, 0.3) is 0 Å². The first kappa shape index (κ1) is 23.6. The second-order valence-corrected chi connectivity index (χ2v) is 8.23. The minimum absolute atomic E-state index is 0. The molecule has 4 heteroatoms. The maximum absolute atomic E-state index is 2.99. The Balaban J connectivity index is 0. The molecule has 0 amide bonds. The van der Waals surface area contributed by atoms with Gasteiger partial charge in [-0.2, -0.15) is 6.08 Å². The maximum Gasteiger partial charge on any atom is -0.109 e. The molecule has 0 spiro atoms. The molecule has 21 heavy (non-hydrogen) atoms. The topological polar surface area (TPSA) is 0 Å². The van der Waals surface area contributed by atoms with Crippen LogP contribution >= 0.6 is 11.8 Å². The molecule has 1 unspecified atom stereocenters. The summed E-state index contributed by atoms with van der Waals surface area (Å²) in [5.41, 5.74) is 0. The molecule has 1 atom stereocenters.